The number of rotatable bonds is 7. The molecule has 1 atom stereocenters. The summed E-state index contributed by atoms with van der Waals surface area (Å²) in [6.45, 7) is 2.50. The molecule has 1 heterocycles. The number of nitrogens with zero attached hydrogens (tertiary/aromatic N) is 2. The van der Waals surface area contributed by atoms with E-state index in [9.17, 15) is 4.79 Å². The van der Waals surface area contributed by atoms with E-state index in [0.29, 0.717) is 17.3 Å². The monoisotopic (exact) mass is 403 g/mol. The normalized spacial score (nSPS) is 12.1. The van der Waals surface area contributed by atoms with Gasteiger partial charge in [-0.25, -0.2) is 4.98 Å². The minimum Gasteiger partial charge on any atom is -0.496 e. The molecule has 3 rings (SSSR count). The largest absolute Gasteiger partial charge is 0.496 e. The van der Waals surface area contributed by atoms with Gasteiger partial charge < -0.3 is 14.6 Å². The van der Waals surface area contributed by atoms with Crippen LogP contribution < -0.4 is 4.74 Å². The third-order valence-electron chi connectivity index (χ3n) is 4.33. The van der Waals surface area contributed by atoms with Crippen molar-refractivity contribution >= 4 is 40.3 Å². The van der Waals surface area contributed by atoms with Crippen LogP contribution in [0.25, 0.3) is 11.0 Å². The lowest BCUT2D eigenvalue weighted by Crippen LogP contribution is -2.28. The Labute approximate surface area is 168 Å². The molecule has 0 saturated heterocycles. The van der Waals surface area contributed by atoms with Crippen LogP contribution in [0.5, 0.6) is 5.75 Å². The molecule has 0 saturated carbocycles. The zero-order valence-corrected chi connectivity index (χ0v) is 17.1. The second kappa shape index (κ2) is 8.67. The number of hydrogen-bond donors (Lipinski definition) is 1. The molecule has 7 heteroatoms. The van der Waals surface area contributed by atoms with Crippen molar-refractivity contribution in [2.45, 2.75) is 18.7 Å². The Morgan fingerprint density at radius 2 is 2.11 bits per heavy atom. The van der Waals surface area contributed by atoms with Crippen molar-refractivity contribution in [1.82, 2.24) is 14.9 Å². The molecule has 1 unspecified atom stereocenters. The number of carbonyl (C=O) groups is 1. The molecule has 0 bridgehead atoms. The molecule has 0 fully saturated rings. The Morgan fingerprint density at radius 3 is 2.85 bits per heavy atom. The summed E-state index contributed by atoms with van der Waals surface area (Å²) in [5.74, 6) is 2.03. The summed E-state index contributed by atoms with van der Waals surface area (Å²) in [6.07, 6.45) is 0. The fraction of sp³-hybridized carbons (Fsp3) is 0.300. The van der Waals surface area contributed by atoms with E-state index in [1.54, 1.807) is 36.9 Å². The minimum atomic E-state index is 0.0463. The Morgan fingerprint density at radius 1 is 1.33 bits per heavy atom. The highest BCUT2D eigenvalue weighted by atomic mass is 35.5. The van der Waals surface area contributed by atoms with E-state index in [1.807, 2.05) is 36.4 Å². The number of thioether (sulfide) groups is 1. The molecule has 0 radical (unpaired) electrons. The average Bonchev–Trinajstić information content (AvgIpc) is 3.10. The Kier molecular flexibility index (Phi) is 6.29. The van der Waals surface area contributed by atoms with Crippen LogP contribution in [0.2, 0.25) is 5.02 Å². The molecule has 1 amide bonds. The van der Waals surface area contributed by atoms with Crippen molar-refractivity contribution < 1.29 is 9.53 Å². The van der Waals surface area contributed by atoms with Crippen LogP contribution in [0.3, 0.4) is 0 Å². The lowest BCUT2D eigenvalue weighted by atomic mass is 10.2. The Balaban J connectivity index is 1.59. The molecule has 0 aliphatic carbocycles. The van der Waals surface area contributed by atoms with E-state index >= 15 is 0 Å². The summed E-state index contributed by atoms with van der Waals surface area (Å²) in [6, 6.07) is 13.3. The van der Waals surface area contributed by atoms with Gasteiger partial charge in [0.2, 0.25) is 5.91 Å². The first-order chi connectivity index (χ1) is 13.0. The maximum atomic E-state index is 12.5. The van der Waals surface area contributed by atoms with E-state index in [2.05, 4.69) is 16.9 Å². The smallest absolute Gasteiger partial charge is 0.232 e. The number of carbonyl (C=O) groups excluding carboxylic acids is 1. The maximum Gasteiger partial charge on any atom is 0.232 e. The van der Waals surface area contributed by atoms with E-state index in [0.717, 1.165) is 28.2 Å². The van der Waals surface area contributed by atoms with E-state index in [4.69, 9.17) is 16.3 Å². The summed E-state index contributed by atoms with van der Waals surface area (Å²) < 4.78 is 5.35. The number of para-hydroxylation sites is 2. The van der Waals surface area contributed by atoms with Crippen molar-refractivity contribution in [1.29, 1.82) is 0 Å². The molecule has 1 aromatic heterocycles. The van der Waals surface area contributed by atoms with Gasteiger partial charge in [0.25, 0.3) is 0 Å². The summed E-state index contributed by atoms with van der Waals surface area (Å²) in [4.78, 5) is 22.2. The van der Waals surface area contributed by atoms with Crippen LogP contribution >= 0.6 is 23.4 Å². The predicted molar refractivity (Wildman–Crippen MR) is 111 cm³/mol. The highest BCUT2D eigenvalue weighted by Gasteiger charge is 2.17. The first-order valence-electron chi connectivity index (χ1n) is 8.60. The number of ether oxygens (including phenoxy) is 1. The van der Waals surface area contributed by atoms with Crippen LogP contribution in [0, 0.1) is 0 Å². The highest BCUT2D eigenvalue weighted by Crippen LogP contribution is 2.28. The number of H-pyrrole nitrogens is 1. The predicted octanol–water partition coefficient (Wildman–Crippen LogP) is 4.68. The number of imidazole rings is 1. The van der Waals surface area contributed by atoms with Crippen molar-refractivity contribution in [3.63, 3.8) is 0 Å². The maximum absolute atomic E-state index is 12.5. The van der Waals surface area contributed by atoms with Crippen LogP contribution in [0.1, 0.15) is 23.6 Å². The van der Waals surface area contributed by atoms with Crippen molar-refractivity contribution in [2.24, 2.45) is 0 Å². The van der Waals surface area contributed by atoms with Gasteiger partial charge in [0.05, 0.1) is 29.1 Å². The van der Waals surface area contributed by atoms with Gasteiger partial charge in [-0.15, -0.1) is 11.8 Å². The quantitative estimate of drug-likeness (QED) is 0.622. The topological polar surface area (TPSA) is 58.2 Å². The fourth-order valence-corrected chi connectivity index (χ4v) is 3.84. The molecule has 5 nitrogen and oxygen atoms in total. The number of hydrogen-bond acceptors (Lipinski definition) is 4. The van der Waals surface area contributed by atoms with Crippen LogP contribution in [-0.2, 0) is 11.3 Å². The van der Waals surface area contributed by atoms with Crippen molar-refractivity contribution in [3.8, 4) is 5.75 Å². The minimum absolute atomic E-state index is 0.0463. The van der Waals surface area contributed by atoms with Crippen LogP contribution in [0.15, 0.2) is 42.5 Å². The number of amides is 1. The Bertz CT molecular complexity index is 911. The Hall–Kier alpha value is -2.18. The number of aromatic nitrogens is 2. The number of fused-ring (bicyclic) bond motifs is 1. The van der Waals surface area contributed by atoms with Crippen molar-refractivity contribution in [3.05, 3.63) is 58.9 Å². The van der Waals surface area contributed by atoms with Gasteiger partial charge in [-0.1, -0.05) is 23.7 Å². The number of methoxy groups -OCH3 is 1. The van der Waals surface area contributed by atoms with Gasteiger partial charge in [0.15, 0.2) is 0 Å². The number of benzene rings is 2. The zero-order chi connectivity index (χ0) is 19.4. The van der Waals surface area contributed by atoms with Gasteiger partial charge in [-0.05, 0) is 37.3 Å². The van der Waals surface area contributed by atoms with Crippen LogP contribution in [-0.4, -0.2) is 40.7 Å². The van der Waals surface area contributed by atoms with Crippen LogP contribution in [0.4, 0.5) is 0 Å². The molecule has 0 aliphatic heterocycles. The van der Waals surface area contributed by atoms with Crippen molar-refractivity contribution in [2.75, 3.05) is 19.9 Å². The molecule has 0 spiro atoms. The number of halogens is 1. The second-order valence-corrected chi connectivity index (χ2v) is 8.06. The average molecular weight is 404 g/mol. The molecule has 142 valence electrons. The van der Waals surface area contributed by atoms with E-state index < -0.39 is 0 Å². The number of nitrogens with one attached hydrogen (secondary N) is 1. The number of aromatic amines is 1. The molecule has 3 aromatic rings. The second-order valence-electron chi connectivity index (χ2n) is 6.30. The standard InChI is InChI=1S/C20H22ClN3O2S/c1-13(20-22-16-6-4-5-7-17(16)23-20)27-12-19(25)24(2)11-14-10-15(21)8-9-18(14)26-3/h4-10,13H,11-12H2,1-3H3,(H,22,23). The van der Waals surface area contributed by atoms with E-state index in [-0.39, 0.29) is 11.2 Å². The third-order valence-corrected chi connectivity index (χ3v) is 5.70. The summed E-state index contributed by atoms with van der Waals surface area (Å²) >= 11 is 7.63. The zero-order valence-electron chi connectivity index (χ0n) is 15.5. The SMILES string of the molecule is COc1ccc(Cl)cc1CN(C)C(=O)CSC(C)c1nc2ccccc2[nH]1. The van der Waals surface area contributed by atoms with Gasteiger partial charge >= 0.3 is 0 Å². The lowest BCUT2D eigenvalue weighted by molar-refractivity contribution is -0.127. The fourth-order valence-electron chi connectivity index (χ4n) is 2.76. The summed E-state index contributed by atoms with van der Waals surface area (Å²) in [5.41, 5.74) is 2.84. The molecular weight excluding hydrogens is 382 g/mol. The molecule has 27 heavy (non-hydrogen) atoms. The highest BCUT2D eigenvalue weighted by molar-refractivity contribution is 8.00. The first-order valence-corrected chi connectivity index (χ1v) is 10.0. The molecule has 2 aromatic carbocycles. The molecule has 0 aliphatic rings. The van der Waals surface area contributed by atoms with Gasteiger partial charge in [0.1, 0.15) is 11.6 Å². The first kappa shape index (κ1) is 19.6. The summed E-state index contributed by atoms with van der Waals surface area (Å²) in [5, 5.41) is 0.718. The van der Waals surface area contributed by atoms with Gasteiger partial charge in [-0.3, -0.25) is 4.79 Å². The molecular formula is C20H22ClN3O2S. The third kappa shape index (κ3) is 4.76. The summed E-state index contributed by atoms with van der Waals surface area (Å²) in [7, 11) is 3.40. The lowest BCUT2D eigenvalue weighted by Gasteiger charge is -2.19. The van der Waals surface area contributed by atoms with Gasteiger partial charge in [0, 0.05) is 24.2 Å². The molecule has 1 N–H and O–H groups in total. The van der Waals surface area contributed by atoms with Gasteiger partial charge in [-0.2, -0.15) is 0 Å². The van der Waals surface area contributed by atoms with E-state index in [1.165, 1.54) is 0 Å².